The number of nitrogens with zero attached hydrogens (tertiary/aromatic N) is 2. The van der Waals surface area contributed by atoms with E-state index in [0.29, 0.717) is 22.6 Å². The maximum absolute atomic E-state index is 12.7. The second-order valence-electron chi connectivity index (χ2n) is 6.07. The van der Waals surface area contributed by atoms with E-state index in [1.54, 1.807) is 37.3 Å². The number of rotatable bonds is 5. The fourth-order valence-electron chi connectivity index (χ4n) is 2.59. The smallest absolute Gasteiger partial charge is 0.274 e. The summed E-state index contributed by atoms with van der Waals surface area (Å²) < 4.78 is 24.1. The number of carbonyl (C=O) groups is 1. The van der Waals surface area contributed by atoms with Crippen molar-refractivity contribution in [1.29, 1.82) is 5.41 Å². The maximum atomic E-state index is 12.7. The highest BCUT2D eigenvalue weighted by Crippen LogP contribution is 2.17. The van der Waals surface area contributed by atoms with E-state index in [-0.39, 0.29) is 16.4 Å². The molecule has 0 fully saturated rings. The van der Waals surface area contributed by atoms with E-state index in [2.05, 4.69) is 10.4 Å². The summed E-state index contributed by atoms with van der Waals surface area (Å²) in [6.07, 6.45) is 0. The van der Waals surface area contributed by atoms with Gasteiger partial charge >= 0.3 is 0 Å². The Balaban J connectivity index is 1.91. The average molecular weight is 398 g/mol. The van der Waals surface area contributed by atoms with Gasteiger partial charge in [0.15, 0.2) is 0 Å². The Morgan fingerprint density at radius 1 is 1.14 bits per heavy atom. The van der Waals surface area contributed by atoms with E-state index < -0.39 is 15.9 Å². The van der Waals surface area contributed by atoms with Crippen LogP contribution in [-0.4, -0.2) is 29.9 Å². The zero-order valence-corrected chi connectivity index (χ0v) is 15.7. The molecule has 144 valence electrons. The number of primary sulfonamides is 1. The van der Waals surface area contributed by atoms with Crippen LogP contribution < -0.4 is 16.2 Å². The number of carbonyl (C=O) groups excluding carboxylic acids is 1. The van der Waals surface area contributed by atoms with Crippen molar-refractivity contribution < 1.29 is 13.2 Å². The second kappa shape index (κ2) is 7.25. The molecule has 6 N–H and O–H groups in total. The number of anilines is 1. The summed E-state index contributed by atoms with van der Waals surface area (Å²) in [5.74, 6) is -0.524. The number of benzene rings is 2. The van der Waals surface area contributed by atoms with Gasteiger partial charge in [-0.25, -0.2) is 18.2 Å². The average Bonchev–Trinajstić information content (AvgIpc) is 3.03. The fourth-order valence-corrected chi connectivity index (χ4v) is 3.10. The molecule has 0 saturated carbocycles. The van der Waals surface area contributed by atoms with Gasteiger partial charge in [-0.15, -0.1) is 0 Å². The molecular formula is C18H18N6O3S. The Hall–Kier alpha value is -3.50. The van der Waals surface area contributed by atoms with Crippen molar-refractivity contribution >= 4 is 27.5 Å². The summed E-state index contributed by atoms with van der Waals surface area (Å²) in [7, 11) is -3.81. The second-order valence-corrected chi connectivity index (χ2v) is 7.63. The molecule has 0 aliphatic carbocycles. The quantitative estimate of drug-likeness (QED) is 0.377. The number of aryl methyl sites for hydroxylation is 1. The van der Waals surface area contributed by atoms with Gasteiger partial charge in [-0.05, 0) is 49.4 Å². The summed E-state index contributed by atoms with van der Waals surface area (Å²) in [4.78, 5) is 12.7. The van der Waals surface area contributed by atoms with E-state index in [0.717, 1.165) is 0 Å². The van der Waals surface area contributed by atoms with Gasteiger partial charge in [0.2, 0.25) is 10.0 Å². The molecule has 0 bridgehead atoms. The minimum absolute atomic E-state index is 0.0487. The monoisotopic (exact) mass is 398 g/mol. The molecule has 0 spiro atoms. The van der Waals surface area contributed by atoms with Crippen LogP contribution in [0, 0.1) is 12.3 Å². The molecule has 9 nitrogen and oxygen atoms in total. The Kier molecular flexibility index (Phi) is 4.99. The lowest BCUT2D eigenvalue weighted by Crippen LogP contribution is -2.18. The molecular weight excluding hydrogens is 380 g/mol. The van der Waals surface area contributed by atoms with E-state index in [9.17, 15) is 13.2 Å². The summed E-state index contributed by atoms with van der Waals surface area (Å²) in [5, 5.41) is 19.7. The van der Waals surface area contributed by atoms with Gasteiger partial charge in [0.25, 0.3) is 5.91 Å². The number of nitrogen functional groups attached to an aromatic ring is 1. The van der Waals surface area contributed by atoms with Crippen molar-refractivity contribution in [2.75, 3.05) is 5.32 Å². The van der Waals surface area contributed by atoms with Gasteiger partial charge in [-0.3, -0.25) is 10.2 Å². The van der Waals surface area contributed by atoms with Crippen molar-refractivity contribution in [3.63, 3.8) is 0 Å². The predicted molar refractivity (Wildman–Crippen MR) is 105 cm³/mol. The lowest BCUT2D eigenvalue weighted by Gasteiger charge is -2.10. The van der Waals surface area contributed by atoms with Crippen LogP contribution in [0.15, 0.2) is 59.5 Å². The molecule has 28 heavy (non-hydrogen) atoms. The first-order valence-corrected chi connectivity index (χ1v) is 9.65. The van der Waals surface area contributed by atoms with Crippen LogP contribution in [-0.2, 0) is 10.0 Å². The first-order chi connectivity index (χ1) is 13.1. The predicted octanol–water partition coefficient (Wildman–Crippen LogP) is 1.36. The van der Waals surface area contributed by atoms with Crippen LogP contribution in [0.5, 0.6) is 0 Å². The van der Waals surface area contributed by atoms with E-state index in [4.69, 9.17) is 16.3 Å². The zero-order chi connectivity index (χ0) is 20.5. The lowest BCUT2D eigenvalue weighted by molar-refractivity contribution is 0.101. The molecule has 0 atom stereocenters. The molecule has 1 heterocycles. The number of sulfonamides is 1. The minimum Gasteiger partial charge on any atom is -0.384 e. The maximum Gasteiger partial charge on any atom is 0.274 e. The fraction of sp³-hybridized carbons (Fsp3) is 0.0556. The van der Waals surface area contributed by atoms with Gasteiger partial charge in [0.1, 0.15) is 11.5 Å². The van der Waals surface area contributed by atoms with Crippen LogP contribution in [0.25, 0.3) is 5.69 Å². The molecule has 1 amide bonds. The van der Waals surface area contributed by atoms with Crippen LogP contribution in [0.4, 0.5) is 5.69 Å². The van der Waals surface area contributed by atoms with Crippen molar-refractivity contribution in [3.8, 4) is 5.69 Å². The molecule has 0 aliphatic rings. The molecule has 3 aromatic rings. The van der Waals surface area contributed by atoms with E-state index in [1.807, 2.05) is 0 Å². The van der Waals surface area contributed by atoms with Crippen LogP contribution in [0.1, 0.15) is 21.7 Å². The topological polar surface area (TPSA) is 157 Å². The number of amidine groups is 1. The first kappa shape index (κ1) is 19.3. The zero-order valence-electron chi connectivity index (χ0n) is 14.9. The third kappa shape index (κ3) is 4.08. The van der Waals surface area contributed by atoms with Crippen LogP contribution >= 0.6 is 0 Å². The van der Waals surface area contributed by atoms with E-state index in [1.165, 1.54) is 28.9 Å². The van der Waals surface area contributed by atoms with Crippen LogP contribution in [0.2, 0.25) is 0 Å². The van der Waals surface area contributed by atoms with Crippen molar-refractivity contribution in [2.45, 2.75) is 11.8 Å². The third-order valence-electron chi connectivity index (χ3n) is 3.91. The lowest BCUT2D eigenvalue weighted by atomic mass is 10.2. The number of nitrogens with two attached hydrogens (primary N) is 2. The van der Waals surface area contributed by atoms with Gasteiger partial charge in [0.05, 0.1) is 16.3 Å². The summed E-state index contributed by atoms with van der Waals surface area (Å²) in [5.41, 5.74) is 7.92. The highest BCUT2D eigenvalue weighted by atomic mass is 32.2. The van der Waals surface area contributed by atoms with Crippen molar-refractivity contribution in [1.82, 2.24) is 9.78 Å². The number of aromatic nitrogens is 2. The molecule has 0 saturated heterocycles. The third-order valence-corrected chi connectivity index (χ3v) is 4.84. The van der Waals surface area contributed by atoms with E-state index >= 15 is 0 Å². The van der Waals surface area contributed by atoms with Gasteiger partial charge < -0.3 is 11.1 Å². The molecule has 0 aliphatic heterocycles. The molecule has 2 aromatic carbocycles. The number of hydrogen-bond donors (Lipinski definition) is 4. The molecule has 3 rings (SSSR count). The number of amides is 1. The van der Waals surface area contributed by atoms with Gasteiger partial charge in [0, 0.05) is 11.3 Å². The molecule has 1 aromatic heterocycles. The number of hydrogen-bond acceptors (Lipinski definition) is 5. The Labute approximate surface area is 161 Å². The minimum atomic E-state index is -3.81. The summed E-state index contributed by atoms with van der Waals surface area (Å²) >= 11 is 0. The Morgan fingerprint density at radius 2 is 1.82 bits per heavy atom. The van der Waals surface area contributed by atoms with Gasteiger partial charge in [-0.2, -0.15) is 5.10 Å². The van der Waals surface area contributed by atoms with Gasteiger partial charge in [-0.1, -0.05) is 12.1 Å². The van der Waals surface area contributed by atoms with Crippen LogP contribution in [0.3, 0.4) is 0 Å². The van der Waals surface area contributed by atoms with Crippen molar-refractivity contribution in [3.05, 3.63) is 71.5 Å². The Morgan fingerprint density at radius 3 is 2.43 bits per heavy atom. The highest BCUT2D eigenvalue weighted by Gasteiger charge is 2.16. The number of nitrogens with one attached hydrogen (secondary N) is 2. The Bertz CT molecular complexity index is 1170. The molecule has 10 heteroatoms. The molecule has 0 radical (unpaired) electrons. The standard InChI is InChI=1S/C18H18N6O3S/c1-11-9-16(24(23-11)14-4-2-3-12(10-14)17(19)20)18(25)22-13-5-7-15(8-6-13)28(21,26)27/h2-10H,1H3,(H3,19,20)(H,22,25)(H2,21,26,27). The first-order valence-electron chi connectivity index (χ1n) is 8.11. The normalized spacial score (nSPS) is 11.2. The summed E-state index contributed by atoms with van der Waals surface area (Å²) in [6.45, 7) is 1.75. The summed E-state index contributed by atoms with van der Waals surface area (Å²) in [6, 6.07) is 13.9. The van der Waals surface area contributed by atoms with Crippen molar-refractivity contribution in [2.24, 2.45) is 10.9 Å². The SMILES string of the molecule is Cc1cc(C(=O)Nc2ccc(S(N)(=O)=O)cc2)n(-c2cccc(C(=N)N)c2)n1. The largest absolute Gasteiger partial charge is 0.384 e. The molecule has 0 unspecified atom stereocenters. The highest BCUT2D eigenvalue weighted by molar-refractivity contribution is 7.89.